The molecule has 1 aliphatic heterocycles. The van der Waals surface area contributed by atoms with Gasteiger partial charge in [0.1, 0.15) is 5.82 Å². The number of primary amides is 1. The highest BCUT2D eigenvalue weighted by Gasteiger charge is 2.19. The molecule has 2 rings (SSSR count). The molecular formula is C13H21N5O. The molecule has 1 fully saturated rings. The van der Waals surface area contributed by atoms with Gasteiger partial charge in [0.15, 0.2) is 0 Å². The van der Waals surface area contributed by atoms with E-state index in [4.69, 9.17) is 11.5 Å². The summed E-state index contributed by atoms with van der Waals surface area (Å²) in [5.74, 6) is 0.600. The second kappa shape index (κ2) is 6.49. The maximum atomic E-state index is 10.9. The number of pyridine rings is 1. The van der Waals surface area contributed by atoms with E-state index in [-0.39, 0.29) is 0 Å². The van der Waals surface area contributed by atoms with E-state index in [1.165, 1.54) is 0 Å². The summed E-state index contributed by atoms with van der Waals surface area (Å²) in [6.45, 7) is 4.63. The van der Waals surface area contributed by atoms with Crippen LogP contribution >= 0.6 is 0 Å². The van der Waals surface area contributed by atoms with Crippen LogP contribution in [0.3, 0.4) is 0 Å². The fourth-order valence-corrected chi connectivity index (χ4v) is 2.21. The first-order valence-corrected chi connectivity index (χ1v) is 6.60. The van der Waals surface area contributed by atoms with E-state index in [1.807, 2.05) is 24.4 Å². The molecular weight excluding hydrogens is 242 g/mol. The highest BCUT2D eigenvalue weighted by Crippen LogP contribution is 2.12. The van der Waals surface area contributed by atoms with Crippen LogP contribution in [-0.2, 0) is 4.79 Å². The summed E-state index contributed by atoms with van der Waals surface area (Å²) in [4.78, 5) is 19.8. The Balaban J connectivity index is 1.75. The van der Waals surface area contributed by atoms with E-state index in [1.54, 1.807) is 0 Å². The number of hydrogen-bond donors (Lipinski definition) is 2. The van der Waals surface area contributed by atoms with Crippen LogP contribution in [0.5, 0.6) is 0 Å². The molecule has 1 atom stereocenters. The summed E-state index contributed by atoms with van der Waals surface area (Å²) in [5, 5.41) is 0. The van der Waals surface area contributed by atoms with E-state index >= 15 is 0 Å². The van der Waals surface area contributed by atoms with Crippen molar-refractivity contribution in [2.45, 2.75) is 12.5 Å². The van der Waals surface area contributed by atoms with Gasteiger partial charge in [-0.2, -0.15) is 0 Å². The van der Waals surface area contributed by atoms with Crippen LogP contribution < -0.4 is 16.4 Å². The minimum atomic E-state index is -0.534. The third-order valence-corrected chi connectivity index (χ3v) is 3.47. The first kappa shape index (κ1) is 13.8. The average molecular weight is 263 g/mol. The number of aromatic nitrogens is 1. The topological polar surface area (TPSA) is 88.5 Å². The third-order valence-electron chi connectivity index (χ3n) is 3.47. The lowest BCUT2D eigenvalue weighted by molar-refractivity contribution is -0.119. The largest absolute Gasteiger partial charge is 0.368 e. The van der Waals surface area contributed by atoms with Gasteiger partial charge in [-0.15, -0.1) is 0 Å². The van der Waals surface area contributed by atoms with Crippen molar-refractivity contribution < 1.29 is 4.79 Å². The maximum absolute atomic E-state index is 10.9. The van der Waals surface area contributed by atoms with Gasteiger partial charge in [-0.25, -0.2) is 4.98 Å². The molecule has 1 amide bonds. The molecule has 6 nitrogen and oxygen atoms in total. The van der Waals surface area contributed by atoms with Crippen molar-refractivity contribution in [1.29, 1.82) is 0 Å². The van der Waals surface area contributed by atoms with E-state index in [9.17, 15) is 4.79 Å². The standard InChI is InChI=1S/C13H21N5O/c14-11(13(15)19)4-6-17-7-9-18(10-8-17)12-3-1-2-5-16-12/h1-3,5,11H,4,6-10,14H2,(H2,15,19). The number of anilines is 1. The predicted octanol–water partition coefficient (Wildman–Crippen LogP) is -0.594. The molecule has 6 heteroatoms. The van der Waals surface area contributed by atoms with Gasteiger partial charge in [0, 0.05) is 38.9 Å². The molecule has 0 radical (unpaired) electrons. The lowest BCUT2D eigenvalue weighted by Gasteiger charge is -2.35. The van der Waals surface area contributed by atoms with Crippen LogP contribution in [0.15, 0.2) is 24.4 Å². The highest BCUT2D eigenvalue weighted by molar-refractivity contribution is 5.79. The van der Waals surface area contributed by atoms with Gasteiger partial charge >= 0.3 is 0 Å². The number of piperazine rings is 1. The molecule has 4 N–H and O–H groups in total. The van der Waals surface area contributed by atoms with Gasteiger partial charge < -0.3 is 16.4 Å². The molecule has 104 valence electrons. The summed E-state index contributed by atoms with van der Waals surface area (Å²) in [5.41, 5.74) is 10.8. The van der Waals surface area contributed by atoms with Crippen molar-refractivity contribution in [1.82, 2.24) is 9.88 Å². The maximum Gasteiger partial charge on any atom is 0.234 e. The molecule has 1 saturated heterocycles. The Morgan fingerprint density at radius 1 is 1.32 bits per heavy atom. The molecule has 0 aromatic carbocycles. The normalized spacial score (nSPS) is 18.3. The van der Waals surface area contributed by atoms with Gasteiger partial charge in [-0.3, -0.25) is 9.69 Å². The lowest BCUT2D eigenvalue weighted by Crippen LogP contribution is -2.48. The molecule has 0 bridgehead atoms. The van der Waals surface area contributed by atoms with Crippen molar-refractivity contribution in [3.8, 4) is 0 Å². The van der Waals surface area contributed by atoms with Crippen molar-refractivity contribution >= 4 is 11.7 Å². The van der Waals surface area contributed by atoms with Gasteiger partial charge in [0.05, 0.1) is 6.04 Å². The number of hydrogen-bond acceptors (Lipinski definition) is 5. The molecule has 0 spiro atoms. The fraction of sp³-hybridized carbons (Fsp3) is 0.538. The first-order chi connectivity index (χ1) is 9.16. The minimum absolute atomic E-state index is 0.424. The number of carbonyl (C=O) groups is 1. The van der Waals surface area contributed by atoms with Crippen molar-refractivity contribution in [2.75, 3.05) is 37.6 Å². The number of nitrogens with two attached hydrogens (primary N) is 2. The quantitative estimate of drug-likeness (QED) is 0.741. The Morgan fingerprint density at radius 3 is 2.63 bits per heavy atom. The summed E-state index contributed by atoms with van der Waals surface area (Å²) in [7, 11) is 0. The highest BCUT2D eigenvalue weighted by atomic mass is 16.1. The smallest absolute Gasteiger partial charge is 0.234 e. The van der Waals surface area contributed by atoms with E-state index < -0.39 is 11.9 Å². The van der Waals surface area contributed by atoms with Crippen LogP contribution in [0.2, 0.25) is 0 Å². The predicted molar refractivity (Wildman–Crippen MR) is 74.7 cm³/mol. The van der Waals surface area contributed by atoms with Crippen LogP contribution in [-0.4, -0.2) is 54.6 Å². The molecule has 1 aliphatic rings. The number of rotatable bonds is 5. The monoisotopic (exact) mass is 263 g/mol. The van der Waals surface area contributed by atoms with Crippen molar-refractivity contribution in [3.05, 3.63) is 24.4 Å². The van der Waals surface area contributed by atoms with Crippen molar-refractivity contribution in [2.24, 2.45) is 11.5 Å². The molecule has 2 heterocycles. The first-order valence-electron chi connectivity index (χ1n) is 6.60. The molecule has 1 aromatic heterocycles. The van der Waals surface area contributed by atoms with Gasteiger partial charge in [0.25, 0.3) is 0 Å². The lowest BCUT2D eigenvalue weighted by atomic mass is 10.2. The van der Waals surface area contributed by atoms with Gasteiger partial charge in [-0.1, -0.05) is 6.07 Å². The summed E-state index contributed by atoms with van der Waals surface area (Å²) < 4.78 is 0. The van der Waals surface area contributed by atoms with Crippen LogP contribution in [0.1, 0.15) is 6.42 Å². The van der Waals surface area contributed by atoms with Gasteiger partial charge in [-0.05, 0) is 18.6 Å². The Labute approximate surface area is 113 Å². The molecule has 0 saturated carbocycles. The fourth-order valence-electron chi connectivity index (χ4n) is 2.21. The molecule has 1 aromatic rings. The molecule has 1 unspecified atom stereocenters. The molecule has 0 aliphatic carbocycles. The van der Waals surface area contributed by atoms with E-state index in [0.717, 1.165) is 38.5 Å². The number of carbonyl (C=O) groups excluding carboxylic acids is 1. The minimum Gasteiger partial charge on any atom is -0.368 e. The zero-order valence-electron chi connectivity index (χ0n) is 11.0. The third kappa shape index (κ3) is 3.90. The zero-order chi connectivity index (χ0) is 13.7. The van der Waals surface area contributed by atoms with Crippen LogP contribution in [0.25, 0.3) is 0 Å². The van der Waals surface area contributed by atoms with E-state index in [2.05, 4.69) is 14.8 Å². The summed E-state index contributed by atoms with van der Waals surface area (Å²) in [6.07, 6.45) is 2.44. The van der Waals surface area contributed by atoms with E-state index in [0.29, 0.717) is 6.42 Å². The van der Waals surface area contributed by atoms with Gasteiger partial charge in [0.2, 0.25) is 5.91 Å². The van der Waals surface area contributed by atoms with Crippen LogP contribution in [0.4, 0.5) is 5.82 Å². The average Bonchev–Trinajstić information content (AvgIpc) is 2.46. The Morgan fingerprint density at radius 2 is 2.05 bits per heavy atom. The Bertz CT molecular complexity index is 403. The second-order valence-electron chi connectivity index (χ2n) is 4.81. The number of amides is 1. The zero-order valence-corrected chi connectivity index (χ0v) is 11.0. The Kier molecular flexibility index (Phi) is 4.70. The molecule has 19 heavy (non-hydrogen) atoms. The number of nitrogens with zero attached hydrogens (tertiary/aromatic N) is 3. The van der Waals surface area contributed by atoms with Crippen LogP contribution in [0, 0.1) is 0 Å². The Hall–Kier alpha value is -1.66. The summed E-state index contributed by atoms with van der Waals surface area (Å²) >= 11 is 0. The SMILES string of the molecule is NC(=O)C(N)CCN1CCN(c2ccccn2)CC1. The second-order valence-corrected chi connectivity index (χ2v) is 4.81. The summed E-state index contributed by atoms with van der Waals surface area (Å²) in [6, 6.07) is 5.42. The van der Waals surface area contributed by atoms with Crippen molar-refractivity contribution in [3.63, 3.8) is 0 Å².